The number of rotatable bonds is 3. The van der Waals surface area contributed by atoms with Crippen LogP contribution in [-0.2, 0) is 11.3 Å². The Morgan fingerprint density at radius 3 is 2.89 bits per heavy atom. The normalized spacial score (nSPS) is 23.2. The number of nitrogens with two attached hydrogens (primary N) is 1. The molecular formula is C12H19N5O. The lowest BCUT2D eigenvalue weighted by atomic mass is 9.89. The van der Waals surface area contributed by atoms with Crippen LogP contribution in [0.25, 0.3) is 0 Å². The van der Waals surface area contributed by atoms with Gasteiger partial charge in [-0.15, -0.1) is 0 Å². The minimum atomic E-state index is -0.344. The van der Waals surface area contributed by atoms with Crippen molar-refractivity contribution in [1.29, 1.82) is 0 Å². The third kappa shape index (κ3) is 2.28. The standard InChI is InChI=1S/C12H19N5O/c1-12(11(18)14-2)3-4-17(8-12)10-7-15-9(5-13)6-16-10/h6-7H,3-5,8,13H2,1-2H3,(H,14,18). The number of hydrogen-bond donors (Lipinski definition) is 2. The number of carbonyl (C=O) groups is 1. The zero-order chi connectivity index (χ0) is 13.2. The molecule has 1 aromatic rings. The maximum absolute atomic E-state index is 11.8. The molecule has 1 atom stereocenters. The van der Waals surface area contributed by atoms with Gasteiger partial charge in [0, 0.05) is 26.7 Å². The van der Waals surface area contributed by atoms with Crippen LogP contribution in [0.1, 0.15) is 19.0 Å². The molecule has 3 N–H and O–H groups in total. The van der Waals surface area contributed by atoms with E-state index in [4.69, 9.17) is 5.73 Å². The molecule has 6 heteroatoms. The Morgan fingerprint density at radius 2 is 2.33 bits per heavy atom. The second-order valence-electron chi connectivity index (χ2n) is 4.88. The van der Waals surface area contributed by atoms with Crippen molar-refractivity contribution in [2.24, 2.45) is 11.1 Å². The van der Waals surface area contributed by atoms with Gasteiger partial charge in [-0.3, -0.25) is 9.78 Å². The summed E-state index contributed by atoms with van der Waals surface area (Å²) in [6.45, 7) is 3.86. The monoisotopic (exact) mass is 249 g/mol. The number of amides is 1. The van der Waals surface area contributed by atoms with Gasteiger partial charge in [-0.1, -0.05) is 0 Å². The molecule has 6 nitrogen and oxygen atoms in total. The Morgan fingerprint density at radius 1 is 1.56 bits per heavy atom. The lowest BCUT2D eigenvalue weighted by Gasteiger charge is -2.23. The Bertz CT molecular complexity index is 433. The van der Waals surface area contributed by atoms with Crippen molar-refractivity contribution in [2.45, 2.75) is 19.9 Å². The van der Waals surface area contributed by atoms with E-state index in [2.05, 4.69) is 20.2 Å². The second kappa shape index (κ2) is 4.89. The van der Waals surface area contributed by atoms with Crippen LogP contribution in [-0.4, -0.2) is 36.0 Å². The van der Waals surface area contributed by atoms with Crippen LogP contribution in [0.4, 0.5) is 5.82 Å². The van der Waals surface area contributed by atoms with Gasteiger partial charge < -0.3 is 16.0 Å². The molecule has 1 amide bonds. The minimum Gasteiger partial charge on any atom is -0.359 e. The van der Waals surface area contributed by atoms with Gasteiger partial charge in [0.05, 0.1) is 23.5 Å². The first kappa shape index (κ1) is 12.8. The summed E-state index contributed by atoms with van der Waals surface area (Å²) in [5.74, 6) is 0.886. The highest BCUT2D eigenvalue weighted by atomic mass is 16.2. The maximum Gasteiger partial charge on any atom is 0.227 e. The lowest BCUT2D eigenvalue weighted by Crippen LogP contribution is -2.39. The molecule has 98 valence electrons. The number of anilines is 1. The van der Waals surface area contributed by atoms with Crippen LogP contribution in [0.15, 0.2) is 12.4 Å². The van der Waals surface area contributed by atoms with E-state index < -0.39 is 0 Å². The fourth-order valence-electron chi connectivity index (χ4n) is 2.26. The van der Waals surface area contributed by atoms with Crippen LogP contribution < -0.4 is 16.0 Å². The van der Waals surface area contributed by atoms with Crippen molar-refractivity contribution in [1.82, 2.24) is 15.3 Å². The van der Waals surface area contributed by atoms with Gasteiger partial charge >= 0.3 is 0 Å². The van der Waals surface area contributed by atoms with Gasteiger partial charge in [0.1, 0.15) is 5.82 Å². The van der Waals surface area contributed by atoms with E-state index in [1.165, 1.54) is 0 Å². The van der Waals surface area contributed by atoms with Gasteiger partial charge in [-0.25, -0.2) is 4.98 Å². The molecule has 0 aromatic carbocycles. The highest BCUT2D eigenvalue weighted by molar-refractivity contribution is 5.83. The number of aromatic nitrogens is 2. The van der Waals surface area contributed by atoms with E-state index in [0.29, 0.717) is 13.1 Å². The van der Waals surface area contributed by atoms with Gasteiger partial charge in [-0.05, 0) is 13.3 Å². The molecule has 2 rings (SSSR count). The number of nitrogens with zero attached hydrogens (tertiary/aromatic N) is 3. The maximum atomic E-state index is 11.8. The van der Waals surface area contributed by atoms with Crippen LogP contribution in [0.2, 0.25) is 0 Å². The third-order valence-electron chi connectivity index (χ3n) is 3.47. The van der Waals surface area contributed by atoms with E-state index in [9.17, 15) is 4.79 Å². The summed E-state index contributed by atoms with van der Waals surface area (Å²) in [4.78, 5) is 22.5. The second-order valence-corrected chi connectivity index (χ2v) is 4.88. The van der Waals surface area contributed by atoms with Crippen molar-refractivity contribution < 1.29 is 4.79 Å². The molecule has 0 bridgehead atoms. The average molecular weight is 249 g/mol. The molecule has 1 aliphatic heterocycles. The Balaban J connectivity index is 2.10. The zero-order valence-electron chi connectivity index (χ0n) is 10.8. The Labute approximate surface area is 107 Å². The first-order valence-electron chi connectivity index (χ1n) is 6.07. The van der Waals surface area contributed by atoms with Crippen LogP contribution in [0.5, 0.6) is 0 Å². The smallest absolute Gasteiger partial charge is 0.227 e. The van der Waals surface area contributed by atoms with Crippen molar-refractivity contribution in [3.8, 4) is 0 Å². The molecular weight excluding hydrogens is 230 g/mol. The number of hydrogen-bond acceptors (Lipinski definition) is 5. The molecule has 0 radical (unpaired) electrons. The van der Waals surface area contributed by atoms with Crippen LogP contribution >= 0.6 is 0 Å². The molecule has 1 aliphatic rings. The van der Waals surface area contributed by atoms with Gasteiger partial charge in [0.25, 0.3) is 0 Å². The largest absolute Gasteiger partial charge is 0.359 e. The van der Waals surface area contributed by atoms with Crippen LogP contribution in [0.3, 0.4) is 0 Å². The average Bonchev–Trinajstić information content (AvgIpc) is 2.82. The molecule has 0 saturated carbocycles. The highest BCUT2D eigenvalue weighted by Gasteiger charge is 2.40. The molecule has 18 heavy (non-hydrogen) atoms. The topological polar surface area (TPSA) is 84.1 Å². The van der Waals surface area contributed by atoms with E-state index in [1.807, 2.05) is 6.92 Å². The molecule has 1 unspecified atom stereocenters. The first-order valence-corrected chi connectivity index (χ1v) is 6.07. The van der Waals surface area contributed by atoms with Crippen LogP contribution in [0, 0.1) is 5.41 Å². The van der Waals surface area contributed by atoms with Gasteiger partial charge in [0.2, 0.25) is 5.91 Å². The van der Waals surface area contributed by atoms with Gasteiger partial charge in [-0.2, -0.15) is 0 Å². The van der Waals surface area contributed by atoms with E-state index >= 15 is 0 Å². The molecule has 0 spiro atoms. The zero-order valence-corrected chi connectivity index (χ0v) is 10.8. The van der Waals surface area contributed by atoms with E-state index in [0.717, 1.165) is 24.5 Å². The summed E-state index contributed by atoms with van der Waals surface area (Å²) >= 11 is 0. The fraction of sp³-hybridized carbons (Fsp3) is 0.583. The predicted octanol–water partition coefficient (Wildman–Crippen LogP) is -0.102. The number of carbonyl (C=O) groups excluding carboxylic acids is 1. The summed E-state index contributed by atoms with van der Waals surface area (Å²) < 4.78 is 0. The number of nitrogens with one attached hydrogen (secondary N) is 1. The van der Waals surface area contributed by atoms with Crippen molar-refractivity contribution in [3.63, 3.8) is 0 Å². The van der Waals surface area contributed by atoms with Crippen molar-refractivity contribution in [3.05, 3.63) is 18.1 Å². The van der Waals surface area contributed by atoms with E-state index in [-0.39, 0.29) is 11.3 Å². The first-order chi connectivity index (χ1) is 8.59. The SMILES string of the molecule is CNC(=O)C1(C)CCN(c2cnc(CN)cn2)C1. The quantitative estimate of drug-likeness (QED) is 0.781. The molecule has 1 fully saturated rings. The summed E-state index contributed by atoms with van der Waals surface area (Å²) in [5, 5.41) is 2.72. The molecule has 2 heterocycles. The van der Waals surface area contributed by atoms with Crippen molar-refractivity contribution >= 4 is 11.7 Å². The third-order valence-corrected chi connectivity index (χ3v) is 3.47. The van der Waals surface area contributed by atoms with Gasteiger partial charge in [0.15, 0.2) is 0 Å². The van der Waals surface area contributed by atoms with Crippen molar-refractivity contribution in [2.75, 3.05) is 25.0 Å². The Hall–Kier alpha value is -1.69. The minimum absolute atomic E-state index is 0.0801. The predicted molar refractivity (Wildman–Crippen MR) is 68.9 cm³/mol. The van der Waals surface area contributed by atoms with E-state index in [1.54, 1.807) is 19.4 Å². The fourth-order valence-corrected chi connectivity index (χ4v) is 2.26. The summed E-state index contributed by atoms with van der Waals surface area (Å²) in [7, 11) is 1.67. The summed E-state index contributed by atoms with van der Waals surface area (Å²) in [6, 6.07) is 0. The Kier molecular flexibility index (Phi) is 3.47. The molecule has 1 aromatic heterocycles. The highest BCUT2D eigenvalue weighted by Crippen LogP contribution is 2.32. The molecule has 0 aliphatic carbocycles. The molecule has 1 saturated heterocycles. The summed E-state index contributed by atoms with van der Waals surface area (Å²) in [6.07, 6.45) is 4.23. The summed E-state index contributed by atoms with van der Waals surface area (Å²) in [5.41, 5.74) is 5.91. The lowest BCUT2D eigenvalue weighted by molar-refractivity contribution is -0.128.